The maximum Gasteiger partial charge on any atom is 0.119 e. The number of hydrogen-bond acceptors (Lipinski definition) is 3. The SMILES string of the molecule is CC(C)c1cccc(OCCN2CCC(C#N)CC2)c1. The predicted octanol–water partition coefficient (Wildman–Crippen LogP) is 3.42. The molecule has 1 aliphatic rings. The molecule has 0 amide bonds. The van der Waals surface area contributed by atoms with Gasteiger partial charge in [0, 0.05) is 12.5 Å². The van der Waals surface area contributed by atoms with E-state index in [2.05, 4.69) is 43.0 Å². The zero-order valence-corrected chi connectivity index (χ0v) is 12.5. The molecule has 20 heavy (non-hydrogen) atoms. The van der Waals surface area contributed by atoms with Crippen LogP contribution in [0.15, 0.2) is 24.3 Å². The number of nitriles is 1. The number of nitrogens with zero attached hydrogens (tertiary/aromatic N) is 2. The summed E-state index contributed by atoms with van der Waals surface area (Å²) in [6.45, 7) is 8.10. The fraction of sp³-hybridized carbons (Fsp3) is 0.588. The molecule has 2 rings (SSSR count). The summed E-state index contributed by atoms with van der Waals surface area (Å²) in [6, 6.07) is 10.7. The summed E-state index contributed by atoms with van der Waals surface area (Å²) in [5.41, 5.74) is 1.32. The first-order chi connectivity index (χ1) is 9.69. The molecule has 0 aliphatic carbocycles. The Bertz CT molecular complexity index is 456. The lowest BCUT2D eigenvalue weighted by Gasteiger charge is -2.28. The van der Waals surface area contributed by atoms with Gasteiger partial charge in [0.05, 0.1) is 6.07 Å². The van der Waals surface area contributed by atoms with E-state index in [4.69, 9.17) is 10.00 Å². The highest BCUT2D eigenvalue weighted by Crippen LogP contribution is 2.20. The standard InChI is InChI=1S/C17H24N2O/c1-14(2)16-4-3-5-17(12-16)20-11-10-19-8-6-15(13-18)7-9-19/h3-5,12,14-15H,6-11H2,1-2H3. The van der Waals surface area contributed by atoms with E-state index in [9.17, 15) is 0 Å². The van der Waals surface area contributed by atoms with Gasteiger partial charge < -0.3 is 4.74 Å². The van der Waals surface area contributed by atoms with Crippen molar-refractivity contribution in [1.29, 1.82) is 5.26 Å². The van der Waals surface area contributed by atoms with Crippen LogP contribution in [0.25, 0.3) is 0 Å². The average Bonchev–Trinajstić information content (AvgIpc) is 2.48. The van der Waals surface area contributed by atoms with Crippen molar-refractivity contribution in [1.82, 2.24) is 4.90 Å². The molecular formula is C17H24N2O. The smallest absolute Gasteiger partial charge is 0.119 e. The van der Waals surface area contributed by atoms with Gasteiger partial charge in [0.1, 0.15) is 12.4 Å². The molecule has 1 aliphatic heterocycles. The van der Waals surface area contributed by atoms with E-state index in [-0.39, 0.29) is 5.92 Å². The lowest BCUT2D eigenvalue weighted by molar-refractivity contribution is 0.169. The van der Waals surface area contributed by atoms with Crippen molar-refractivity contribution in [3.05, 3.63) is 29.8 Å². The predicted molar refractivity (Wildman–Crippen MR) is 80.8 cm³/mol. The van der Waals surface area contributed by atoms with E-state index in [0.29, 0.717) is 5.92 Å². The third-order valence-electron chi connectivity index (χ3n) is 3.97. The van der Waals surface area contributed by atoms with Gasteiger partial charge in [-0.25, -0.2) is 0 Å². The topological polar surface area (TPSA) is 36.3 Å². The molecule has 0 spiro atoms. The van der Waals surface area contributed by atoms with Crippen LogP contribution in [0.5, 0.6) is 5.75 Å². The number of rotatable bonds is 5. The second-order valence-corrected chi connectivity index (χ2v) is 5.82. The number of ether oxygens (including phenoxy) is 1. The molecular weight excluding hydrogens is 248 g/mol. The van der Waals surface area contributed by atoms with Crippen LogP contribution in [0.2, 0.25) is 0 Å². The van der Waals surface area contributed by atoms with E-state index in [0.717, 1.165) is 44.8 Å². The molecule has 1 saturated heterocycles. The third-order valence-corrected chi connectivity index (χ3v) is 3.97. The highest BCUT2D eigenvalue weighted by Gasteiger charge is 2.18. The minimum absolute atomic E-state index is 0.259. The molecule has 0 radical (unpaired) electrons. The maximum absolute atomic E-state index is 8.88. The molecule has 1 heterocycles. The van der Waals surface area contributed by atoms with Crippen LogP contribution in [0, 0.1) is 17.2 Å². The molecule has 0 aromatic heterocycles. The van der Waals surface area contributed by atoms with Crippen molar-refractivity contribution >= 4 is 0 Å². The quantitative estimate of drug-likeness (QED) is 0.824. The van der Waals surface area contributed by atoms with Crippen LogP contribution in [0.1, 0.15) is 38.2 Å². The third kappa shape index (κ3) is 4.25. The first-order valence-corrected chi connectivity index (χ1v) is 7.54. The number of hydrogen-bond donors (Lipinski definition) is 0. The minimum atomic E-state index is 0.259. The molecule has 3 heteroatoms. The van der Waals surface area contributed by atoms with E-state index < -0.39 is 0 Å². The second-order valence-electron chi connectivity index (χ2n) is 5.82. The molecule has 1 fully saturated rings. The summed E-state index contributed by atoms with van der Waals surface area (Å²) < 4.78 is 5.85. The van der Waals surface area contributed by atoms with Gasteiger partial charge in [-0.1, -0.05) is 26.0 Å². The van der Waals surface area contributed by atoms with Crippen molar-refractivity contribution < 1.29 is 4.74 Å². The Hall–Kier alpha value is -1.53. The van der Waals surface area contributed by atoms with Crippen molar-refractivity contribution in [2.45, 2.75) is 32.6 Å². The van der Waals surface area contributed by atoms with Crippen LogP contribution >= 0.6 is 0 Å². The van der Waals surface area contributed by atoms with E-state index in [1.807, 2.05) is 6.07 Å². The van der Waals surface area contributed by atoms with Gasteiger partial charge in [-0.2, -0.15) is 5.26 Å². The summed E-state index contributed by atoms with van der Waals surface area (Å²) in [5, 5.41) is 8.88. The summed E-state index contributed by atoms with van der Waals surface area (Å²) >= 11 is 0. The highest BCUT2D eigenvalue weighted by atomic mass is 16.5. The van der Waals surface area contributed by atoms with E-state index in [1.54, 1.807) is 0 Å². The summed E-state index contributed by atoms with van der Waals surface area (Å²) in [7, 11) is 0. The van der Waals surface area contributed by atoms with Crippen LogP contribution in [-0.2, 0) is 0 Å². The Morgan fingerprint density at radius 1 is 1.35 bits per heavy atom. The summed E-state index contributed by atoms with van der Waals surface area (Å²) in [4.78, 5) is 2.39. The van der Waals surface area contributed by atoms with Gasteiger partial charge in [-0.05, 0) is 49.5 Å². The molecule has 1 aromatic carbocycles. The van der Waals surface area contributed by atoms with Gasteiger partial charge in [0.15, 0.2) is 0 Å². The van der Waals surface area contributed by atoms with Crippen molar-refractivity contribution in [3.8, 4) is 11.8 Å². The highest BCUT2D eigenvalue weighted by molar-refractivity contribution is 5.30. The molecule has 3 nitrogen and oxygen atoms in total. The molecule has 0 saturated carbocycles. The van der Waals surface area contributed by atoms with Crippen LogP contribution in [0.4, 0.5) is 0 Å². The second kappa shape index (κ2) is 7.31. The van der Waals surface area contributed by atoms with Crippen molar-refractivity contribution in [2.24, 2.45) is 5.92 Å². The monoisotopic (exact) mass is 272 g/mol. The van der Waals surface area contributed by atoms with Gasteiger partial charge >= 0.3 is 0 Å². The zero-order valence-electron chi connectivity index (χ0n) is 12.5. The maximum atomic E-state index is 8.88. The van der Waals surface area contributed by atoms with Gasteiger partial charge in [-0.3, -0.25) is 4.90 Å². The first-order valence-electron chi connectivity index (χ1n) is 7.54. The van der Waals surface area contributed by atoms with E-state index in [1.165, 1.54) is 5.56 Å². The Morgan fingerprint density at radius 2 is 2.10 bits per heavy atom. The van der Waals surface area contributed by atoms with Crippen molar-refractivity contribution in [3.63, 3.8) is 0 Å². The van der Waals surface area contributed by atoms with Crippen molar-refractivity contribution in [2.75, 3.05) is 26.2 Å². The number of benzene rings is 1. The largest absolute Gasteiger partial charge is 0.492 e. The zero-order chi connectivity index (χ0) is 14.4. The van der Waals surface area contributed by atoms with E-state index >= 15 is 0 Å². The fourth-order valence-corrected chi connectivity index (χ4v) is 2.54. The fourth-order valence-electron chi connectivity index (χ4n) is 2.54. The normalized spacial score (nSPS) is 17.1. The lowest BCUT2D eigenvalue weighted by atomic mass is 9.99. The average molecular weight is 272 g/mol. The Labute approximate surface area is 122 Å². The molecule has 108 valence electrons. The van der Waals surface area contributed by atoms with Crippen LogP contribution < -0.4 is 4.74 Å². The van der Waals surface area contributed by atoms with Gasteiger partial charge in [0.2, 0.25) is 0 Å². The molecule has 0 N–H and O–H groups in total. The molecule has 0 unspecified atom stereocenters. The Kier molecular flexibility index (Phi) is 5.43. The van der Waals surface area contributed by atoms with Gasteiger partial charge in [0.25, 0.3) is 0 Å². The Balaban J connectivity index is 1.74. The number of piperidine rings is 1. The molecule has 0 atom stereocenters. The molecule has 1 aromatic rings. The minimum Gasteiger partial charge on any atom is -0.492 e. The first kappa shape index (κ1) is 14.9. The van der Waals surface area contributed by atoms with Crippen LogP contribution in [-0.4, -0.2) is 31.1 Å². The summed E-state index contributed by atoms with van der Waals surface area (Å²) in [5.74, 6) is 1.75. The van der Waals surface area contributed by atoms with Gasteiger partial charge in [-0.15, -0.1) is 0 Å². The summed E-state index contributed by atoms with van der Waals surface area (Å²) in [6.07, 6.45) is 2.00. The number of likely N-dealkylation sites (tertiary alicyclic amines) is 1. The van der Waals surface area contributed by atoms with Crippen LogP contribution in [0.3, 0.4) is 0 Å². The lowest BCUT2D eigenvalue weighted by Crippen LogP contribution is -2.36. The Morgan fingerprint density at radius 3 is 2.75 bits per heavy atom. The molecule has 0 bridgehead atoms.